The van der Waals surface area contributed by atoms with E-state index in [4.69, 9.17) is 20.7 Å². The lowest BCUT2D eigenvalue weighted by molar-refractivity contribution is -0.122. The van der Waals surface area contributed by atoms with Gasteiger partial charge in [-0.3, -0.25) is 4.57 Å². The number of nitrogens with two attached hydrogens (primary N) is 1. The number of aromatic nitrogens is 4. The van der Waals surface area contributed by atoms with Crippen LogP contribution >= 0.6 is 0 Å². The average molecular weight is 336 g/mol. The maximum absolute atomic E-state index is 10.1. The largest absolute Gasteiger partial charge is 0.476 e. The first-order chi connectivity index (χ1) is 11.5. The van der Waals surface area contributed by atoms with Gasteiger partial charge in [0.2, 0.25) is 11.8 Å². The highest BCUT2D eigenvalue weighted by atomic mass is 16.6. The van der Waals surface area contributed by atoms with Crippen LogP contribution in [-0.4, -0.2) is 54.8 Å². The molecule has 128 valence electrons. The molecule has 1 aliphatic rings. The summed E-state index contributed by atoms with van der Waals surface area (Å²) >= 11 is 0. The van der Waals surface area contributed by atoms with Crippen LogP contribution in [0.15, 0.2) is 11.4 Å². The van der Waals surface area contributed by atoms with E-state index in [0.29, 0.717) is 17.8 Å². The van der Waals surface area contributed by atoms with Gasteiger partial charge in [-0.2, -0.15) is 9.97 Å². The number of nitrogen functional groups attached to an aromatic ring is 1. The highest BCUT2D eigenvalue weighted by Crippen LogP contribution is 2.39. The van der Waals surface area contributed by atoms with Crippen molar-refractivity contribution in [3.05, 3.63) is 16.8 Å². The van der Waals surface area contributed by atoms with Gasteiger partial charge in [-0.1, -0.05) is 5.11 Å². The summed E-state index contributed by atoms with van der Waals surface area (Å²) in [7, 11) is 0. The standard InChI is InChI=1S/C12H16N8O4/c1-2-23-10-8-9(16-11(13)17-10)20(5-15-8)7-3-6(22)12(4-21,24-7)18-19-14/h5-7,21-22H,2-4H2,1H3,(H2,13,16,17)/t6-,7+,12+/m0/s1. The molecule has 0 bridgehead atoms. The van der Waals surface area contributed by atoms with Crippen LogP contribution in [0.5, 0.6) is 5.88 Å². The topological polar surface area (TPSA) is 177 Å². The first-order valence-electron chi connectivity index (χ1n) is 7.20. The maximum Gasteiger partial charge on any atom is 0.247 e. The van der Waals surface area contributed by atoms with Crippen molar-refractivity contribution in [3.8, 4) is 5.88 Å². The molecule has 1 fully saturated rings. The fourth-order valence-corrected chi connectivity index (χ4v) is 2.60. The number of ether oxygens (including phenoxy) is 2. The van der Waals surface area contributed by atoms with Crippen LogP contribution in [-0.2, 0) is 4.74 Å². The van der Waals surface area contributed by atoms with Crippen molar-refractivity contribution in [1.82, 2.24) is 19.5 Å². The highest BCUT2D eigenvalue weighted by molar-refractivity contribution is 5.77. The van der Waals surface area contributed by atoms with Crippen molar-refractivity contribution in [2.75, 3.05) is 18.9 Å². The molecule has 12 heteroatoms. The third kappa shape index (κ3) is 2.47. The molecule has 0 spiro atoms. The number of fused-ring (bicyclic) bond motifs is 1. The van der Waals surface area contributed by atoms with Gasteiger partial charge in [0.05, 0.1) is 25.6 Å². The molecule has 1 aliphatic heterocycles. The zero-order chi connectivity index (χ0) is 17.3. The van der Waals surface area contributed by atoms with Gasteiger partial charge < -0.3 is 25.4 Å². The van der Waals surface area contributed by atoms with Crippen LogP contribution in [0.3, 0.4) is 0 Å². The van der Waals surface area contributed by atoms with Crippen LogP contribution in [0, 0.1) is 0 Å². The lowest BCUT2D eigenvalue weighted by Crippen LogP contribution is -2.40. The number of hydrogen-bond acceptors (Lipinski definition) is 9. The van der Waals surface area contributed by atoms with Crippen molar-refractivity contribution in [2.45, 2.75) is 31.4 Å². The number of aliphatic hydroxyl groups is 2. The molecule has 0 aliphatic carbocycles. The Hall–Kier alpha value is -2.66. The number of rotatable bonds is 5. The molecule has 1 saturated heterocycles. The quantitative estimate of drug-likeness (QED) is 0.390. The van der Waals surface area contributed by atoms with Crippen LogP contribution in [0.25, 0.3) is 21.6 Å². The third-order valence-electron chi connectivity index (χ3n) is 3.72. The fraction of sp³-hybridized carbons (Fsp3) is 0.583. The summed E-state index contributed by atoms with van der Waals surface area (Å²) in [6.07, 6.45) is -0.445. The molecule has 0 radical (unpaired) electrons. The van der Waals surface area contributed by atoms with E-state index in [0.717, 1.165) is 0 Å². The molecule has 0 unspecified atom stereocenters. The molecule has 3 rings (SSSR count). The Morgan fingerprint density at radius 2 is 2.42 bits per heavy atom. The van der Waals surface area contributed by atoms with Crippen molar-refractivity contribution >= 4 is 17.1 Å². The van der Waals surface area contributed by atoms with Crippen molar-refractivity contribution in [2.24, 2.45) is 5.11 Å². The predicted molar refractivity (Wildman–Crippen MR) is 80.6 cm³/mol. The zero-order valence-corrected chi connectivity index (χ0v) is 12.8. The molecular formula is C12H16N8O4. The van der Waals surface area contributed by atoms with Crippen molar-refractivity contribution < 1.29 is 19.7 Å². The second-order valence-electron chi connectivity index (χ2n) is 5.16. The molecule has 3 atom stereocenters. The number of nitrogens with zero attached hydrogens (tertiary/aromatic N) is 7. The first kappa shape index (κ1) is 16.2. The van der Waals surface area contributed by atoms with Crippen molar-refractivity contribution in [3.63, 3.8) is 0 Å². The Morgan fingerprint density at radius 3 is 3.08 bits per heavy atom. The number of hydrogen-bond donors (Lipinski definition) is 3. The smallest absolute Gasteiger partial charge is 0.247 e. The molecule has 2 aromatic heterocycles. The summed E-state index contributed by atoms with van der Waals surface area (Å²) in [4.78, 5) is 14.9. The minimum atomic E-state index is -1.75. The summed E-state index contributed by atoms with van der Waals surface area (Å²) in [5.74, 6) is 0.232. The van der Waals surface area contributed by atoms with E-state index in [1.807, 2.05) is 0 Å². The Balaban J connectivity index is 2.03. The van der Waals surface area contributed by atoms with E-state index in [2.05, 4.69) is 25.0 Å². The average Bonchev–Trinajstić information content (AvgIpc) is 3.10. The minimum Gasteiger partial charge on any atom is -0.476 e. The summed E-state index contributed by atoms with van der Waals surface area (Å²) in [5.41, 5.74) is 13.3. The van der Waals surface area contributed by atoms with Gasteiger partial charge in [0.1, 0.15) is 6.23 Å². The first-order valence-corrected chi connectivity index (χ1v) is 7.20. The summed E-state index contributed by atoms with van der Waals surface area (Å²) in [6, 6.07) is 0. The predicted octanol–water partition coefficient (Wildman–Crippen LogP) is 0.0859. The molecule has 4 N–H and O–H groups in total. The lowest BCUT2D eigenvalue weighted by atomic mass is 10.1. The molecule has 24 heavy (non-hydrogen) atoms. The van der Waals surface area contributed by atoms with Crippen molar-refractivity contribution in [1.29, 1.82) is 0 Å². The molecule has 0 amide bonds. The number of anilines is 1. The summed E-state index contributed by atoms with van der Waals surface area (Å²) < 4.78 is 12.5. The second-order valence-corrected chi connectivity index (χ2v) is 5.16. The fourth-order valence-electron chi connectivity index (χ4n) is 2.60. The van der Waals surface area contributed by atoms with Crippen LogP contribution in [0.2, 0.25) is 0 Å². The van der Waals surface area contributed by atoms with Gasteiger partial charge in [-0.15, -0.1) is 0 Å². The number of imidazole rings is 1. The van der Waals surface area contributed by atoms with E-state index in [9.17, 15) is 10.2 Å². The van der Waals surface area contributed by atoms with Crippen LogP contribution in [0.1, 0.15) is 19.6 Å². The molecular weight excluding hydrogens is 320 g/mol. The summed E-state index contributed by atoms with van der Waals surface area (Å²) in [6.45, 7) is 1.51. The number of aliphatic hydroxyl groups excluding tert-OH is 2. The third-order valence-corrected chi connectivity index (χ3v) is 3.72. The van der Waals surface area contributed by atoms with Gasteiger partial charge in [-0.25, -0.2) is 4.98 Å². The normalized spacial score (nSPS) is 26.5. The Kier molecular flexibility index (Phi) is 4.11. The summed E-state index contributed by atoms with van der Waals surface area (Å²) in [5, 5.41) is 23.0. The SMILES string of the molecule is CCOc1nc(N)nc2c1ncn2[C@H]1C[C@H](O)[C@](CO)(N=[N+]=[N-])O1. The lowest BCUT2D eigenvalue weighted by Gasteiger charge is -2.24. The Bertz CT molecular complexity index is 804. The monoisotopic (exact) mass is 336 g/mol. The minimum absolute atomic E-state index is 0.00490. The Morgan fingerprint density at radius 1 is 1.62 bits per heavy atom. The van der Waals surface area contributed by atoms with Gasteiger partial charge in [0.25, 0.3) is 0 Å². The molecule has 0 saturated carbocycles. The highest BCUT2D eigenvalue weighted by Gasteiger charge is 2.48. The van der Waals surface area contributed by atoms with E-state index in [-0.39, 0.29) is 18.2 Å². The number of azide groups is 1. The zero-order valence-electron chi connectivity index (χ0n) is 12.8. The van der Waals surface area contributed by atoms with Gasteiger partial charge in [-0.05, 0) is 12.5 Å². The van der Waals surface area contributed by atoms with E-state index in [1.54, 1.807) is 6.92 Å². The van der Waals surface area contributed by atoms with E-state index >= 15 is 0 Å². The van der Waals surface area contributed by atoms with Gasteiger partial charge in [0.15, 0.2) is 16.9 Å². The van der Waals surface area contributed by atoms with Crippen LogP contribution < -0.4 is 10.5 Å². The van der Waals surface area contributed by atoms with Gasteiger partial charge in [0, 0.05) is 11.3 Å². The maximum atomic E-state index is 10.1. The van der Waals surface area contributed by atoms with E-state index < -0.39 is 24.7 Å². The van der Waals surface area contributed by atoms with Crippen LogP contribution in [0.4, 0.5) is 5.95 Å². The molecule has 12 nitrogen and oxygen atoms in total. The van der Waals surface area contributed by atoms with Gasteiger partial charge >= 0.3 is 0 Å². The molecule has 0 aromatic carbocycles. The molecule has 2 aromatic rings. The second kappa shape index (κ2) is 6.09. The Labute approximate surface area is 135 Å². The van der Waals surface area contributed by atoms with E-state index in [1.165, 1.54) is 10.9 Å². The molecule has 3 heterocycles.